The van der Waals surface area contributed by atoms with Crippen LogP contribution in [0.4, 0.5) is 5.69 Å². The summed E-state index contributed by atoms with van der Waals surface area (Å²) in [6.45, 7) is 4.20. The van der Waals surface area contributed by atoms with Crippen LogP contribution in [0.1, 0.15) is 6.92 Å². The summed E-state index contributed by atoms with van der Waals surface area (Å²) in [5.41, 5.74) is 6.30. The van der Waals surface area contributed by atoms with Gasteiger partial charge in [0.1, 0.15) is 0 Å². The van der Waals surface area contributed by atoms with Crippen molar-refractivity contribution >= 4 is 5.69 Å². The monoisotopic (exact) mass is 182 g/mol. The fourth-order valence-corrected chi connectivity index (χ4v) is 1.48. The number of aromatic nitrogens is 2. The summed E-state index contributed by atoms with van der Waals surface area (Å²) < 4.78 is 1.89. The van der Waals surface area contributed by atoms with Crippen molar-refractivity contribution in [1.29, 1.82) is 0 Å². The van der Waals surface area contributed by atoms with Crippen LogP contribution in [0.15, 0.2) is 12.4 Å². The van der Waals surface area contributed by atoms with Crippen LogP contribution in [0, 0.1) is 5.92 Å². The number of hydrogen-bond acceptors (Lipinski definition) is 3. The molecule has 1 rings (SSSR count). The molecule has 4 heteroatoms. The maximum absolute atomic E-state index is 5.56. The predicted molar refractivity (Wildman–Crippen MR) is 54.4 cm³/mol. The summed E-state index contributed by atoms with van der Waals surface area (Å²) in [7, 11) is 4.15. The smallest absolute Gasteiger partial charge is 0.0719 e. The number of nitrogens with two attached hydrogens (primary N) is 1. The van der Waals surface area contributed by atoms with Gasteiger partial charge in [0, 0.05) is 19.3 Å². The summed E-state index contributed by atoms with van der Waals surface area (Å²) in [6.07, 6.45) is 3.55. The second kappa shape index (κ2) is 4.28. The standard InChI is InChI=1S/C9H18N4/c1-8(5-12(2)3)6-13-7-9(10)4-11-13/h4,7-8H,5-6,10H2,1-3H3/t8-/m1/s1. The Bertz CT molecular complexity index is 254. The molecule has 13 heavy (non-hydrogen) atoms. The molecule has 0 saturated heterocycles. The maximum atomic E-state index is 5.56. The van der Waals surface area contributed by atoms with Gasteiger partial charge in [0.05, 0.1) is 11.9 Å². The molecule has 0 unspecified atom stereocenters. The van der Waals surface area contributed by atoms with E-state index in [1.807, 2.05) is 10.9 Å². The lowest BCUT2D eigenvalue weighted by Gasteiger charge is -2.16. The normalized spacial score (nSPS) is 13.5. The van der Waals surface area contributed by atoms with Crippen molar-refractivity contribution in [3.8, 4) is 0 Å². The van der Waals surface area contributed by atoms with Gasteiger partial charge in [-0.1, -0.05) is 6.92 Å². The molecule has 0 aromatic carbocycles. The molecule has 0 aliphatic carbocycles. The van der Waals surface area contributed by atoms with E-state index in [4.69, 9.17) is 5.73 Å². The SMILES string of the molecule is C[C@H](CN(C)C)Cn1cc(N)cn1. The van der Waals surface area contributed by atoms with Gasteiger partial charge in [-0.3, -0.25) is 4.68 Å². The van der Waals surface area contributed by atoms with Gasteiger partial charge in [-0.05, 0) is 20.0 Å². The lowest BCUT2D eigenvalue weighted by molar-refractivity contribution is 0.308. The van der Waals surface area contributed by atoms with E-state index < -0.39 is 0 Å². The summed E-state index contributed by atoms with van der Waals surface area (Å²) in [6, 6.07) is 0. The molecule has 0 bridgehead atoms. The third kappa shape index (κ3) is 3.46. The van der Waals surface area contributed by atoms with Crippen LogP contribution in [-0.2, 0) is 6.54 Å². The Morgan fingerprint density at radius 1 is 1.62 bits per heavy atom. The number of nitrogen functional groups attached to an aromatic ring is 1. The Morgan fingerprint density at radius 3 is 2.77 bits per heavy atom. The Hall–Kier alpha value is -1.03. The fourth-order valence-electron chi connectivity index (χ4n) is 1.48. The predicted octanol–water partition coefficient (Wildman–Crippen LogP) is 0.663. The van der Waals surface area contributed by atoms with Crippen LogP contribution in [0.3, 0.4) is 0 Å². The zero-order chi connectivity index (χ0) is 9.84. The number of nitrogens with zero attached hydrogens (tertiary/aromatic N) is 3. The van der Waals surface area contributed by atoms with Crippen molar-refractivity contribution in [2.75, 3.05) is 26.4 Å². The first kappa shape index (κ1) is 10.1. The topological polar surface area (TPSA) is 47.1 Å². The van der Waals surface area contributed by atoms with Gasteiger partial charge in [-0.25, -0.2) is 0 Å². The van der Waals surface area contributed by atoms with E-state index in [2.05, 4.69) is 31.0 Å². The van der Waals surface area contributed by atoms with Gasteiger partial charge in [0.25, 0.3) is 0 Å². The van der Waals surface area contributed by atoms with Crippen LogP contribution in [-0.4, -0.2) is 35.3 Å². The van der Waals surface area contributed by atoms with E-state index in [9.17, 15) is 0 Å². The van der Waals surface area contributed by atoms with Crippen LogP contribution in [0.2, 0.25) is 0 Å². The van der Waals surface area contributed by atoms with Crippen molar-refractivity contribution in [1.82, 2.24) is 14.7 Å². The van der Waals surface area contributed by atoms with E-state index in [1.165, 1.54) is 0 Å². The molecule has 74 valence electrons. The number of anilines is 1. The van der Waals surface area contributed by atoms with E-state index in [0.29, 0.717) is 5.92 Å². The van der Waals surface area contributed by atoms with Crippen LogP contribution >= 0.6 is 0 Å². The minimum atomic E-state index is 0.592. The molecule has 1 heterocycles. The van der Waals surface area contributed by atoms with E-state index in [0.717, 1.165) is 18.8 Å². The molecule has 4 nitrogen and oxygen atoms in total. The highest BCUT2D eigenvalue weighted by molar-refractivity contribution is 5.30. The van der Waals surface area contributed by atoms with Gasteiger partial charge in [0.15, 0.2) is 0 Å². The average Bonchev–Trinajstić information content (AvgIpc) is 2.33. The quantitative estimate of drug-likeness (QED) is 0.744. The minimum Gasteiger partial charge on any atom is -0.396 e. The van der Waals surface area contributed by atoms with Crippen molar-refractivity contribution < 1.29 is 0 Å². The molecule has 1 aromatic rings. The molecule has 0 amide bonds. The minimum absolute atomic E-state index is 0.592. The largest absolute Gasteiger partial charge is 0.396 e. The highest BCUT2D eigenvalue weighted by atomic mass is 15.3. The molecule has 1 atom stereocenters. The number of rotatable bonds is 4. The molecule has 0 aliphatic rings. The summed E-state index contributed by atoms with van der Waals surface area (Å²) in [5, 5.41) is 4.14. The van der Waals surface area contributed by atoms with Gasteiger partial charge in [0.2, 0.25) is 0 Å². The highest BCUT2D eigenvalue weighted by Gasteiger charge is 2.04. The first-order chi connectivity index (χ1) is 6.08. The summed E-state index contributed by atoms with van der Waals surface area (Å²) in [4.78, 5) is 2.18. The van der Waals surface area contributed by atoms with Crippen molar-refractivity contribution in [2.45, 2.75) is 13.5 Å². The number of hydrogen-bond donors (Lipinski definition) is 1. The molecular weight excluding hydrogens is 164 g/mol. The lowest BCUT2D eigenvalue weighted by atomic mass is 10.2. The van der Waals surface area contributed by atoms with Gasteiger partial charge >= 0.3 is 0 Å². The van der Waals surface area contributed by atoms with Crippen molar-refractivity contribution in [2.24, 2.45) is 5.92 Å². The van der Waals surface area contributed by atoms with E-state index in [-0.39, 0.29) is 0 Å². The second-order valence-electron chi connectivity index (χ2n) is 3.86. The lowest BCUT2D eigenvalue weighted by Crippen LogP contribution is -2.23. The van der Waals surface area contributed by atoms with Crippen molar-refractivity contribution in [3.63, 3.8) is 0 Å². The zero-order valence-corrected chi connectivity index (χ0v) is 8.57. The van der Waals surface area contributed by atoms with E-state index in [1.54, 1.807) is 6.20 Å². The first-order valence-electron chi connectivity index (χ1n) is 4.50. The van der Waals surface area contributed by atoms with Crippen LogP contribution < -0.4 is 5.73 Å². The fraction of sp³-hybridized carbons (Fsp3) is 0.667. The summed E-state index contributed by atoms with van der Waals surface area (Å²) >= 11 is 0. The Labute approximate surface area is 79.3 Å². The van der Waals surface area contributed by atoms with Crippen LogP contribution in [0.5, 0.6) is 0 Å². The molecular formula is C9H18N4. The third-order valence-electron chi connectivity index (χ3n) is 1.83. The van der Waals surface area contributed by atoms with Crippen molar-refractivity contribution in [3.05, 3.63) is 12.4 Å². The molecule has 0 aliphatic heterocycles. The highest BCUT2D eigenvalue weighted by Crippen LogP contribution is 2.04. The Balaban J connectivity index is 2.40. The average molecular weight is 182 g/mol. The third-order valence-corrected chi connectivity index (χ3v) is 1.83. The maximum Gasteiger partial charge on any atom is 0.0719 e. The van der Waals surface area contributed by atoms with E-state index >= 15 is 0 Å². The molecule has 0 spiro atoms. The molecule has 0 fully saturated rings. The molecule has 2 N–H and O–H groups in total. The Kier molecular flexibility index (Phi) is 3.31. The Morgan fingerprint density at radius 2 is 2.31 bits per heavy atom. The van der Waals surface area contributed by atoms with Gasteiger partial charge < -0.3 is 10.6 Å². The zero-order valence-electron chi connectivity index (χ0n) is 8.57. The van der Waals surface area contributed by atoms with Crippen LogP contribution in [0.25, 0.3) is 0 Å². The first-order valence-corrected chi connectivity index (χ1v) is 4.50. The second-order valence-corrected chi connectivity index (χ2v) is 3.86. The summed E-state index contributed by atoms with van der Waals surface area (Å²) in [5.74, 6) is 0.592. The van der Waals surface area contributed by atoms with Gasteiger partial charge in [-0.15, -0.1) is 0 Å². The molecule has 0 saturated carbocycles. The van der Waals surface area contributed by atoms with Gasteiger partial charge in [-0.2, -0.15) is 5.10 Å². The molecule has 0 radical (unpaired) electrons. The molecule has 1 aromatic heterocycles.